The van der Waals surface area contributed by atoms with Gasteiger partial charge in [-0.2, -0.15) is 0 Å². The molecule has 0 bridgehead atoms. The van der Waals surface area contributed by atoms with E-state index >= 15 is 0 Å². The van der Waals surface area contributed by atoms with E-state index in [1.54, 1.807) is 0 Å². The van der Waals surface area contributed by atoms with Gasteiger partial charge in [-0.1, -0.05) is 121 Å². The van der Waals surface area contributed by atoms with Crippen LogP contribution in [0.2, 0.25) is 0 Å². The quantitative estimate of drug-likeness (QED) is 0.196. The van der Waals surface area contributed by atoms with E-state index in [1.165, 1.54) is 63.0 Å². The van der Waals surface area contributed by atoms with E-state index in [1.807, 2.05) is 23.1 Å². The third kappa shape index (κ3) is 3.91. The SMILES string of the molecule is c1ccc(-c2ccc3c4c(cccc24)-c2cc(-c4nc(-c5cccc6sc7ccccc7c56)c5ccccc5n4)ccc2S3)cc1. The molecule has 7 aromatic carbocycles. The average molecular weight is 621 g/mol. The number of nitrogens with zero attached hydrogens (tertiary/aromatic N) is 2. The monoisotopic (exact) mass is 620 g/mol. The van der Waals surface area contributed by atoms with Gasteiger partial charge in [-0.3, -0.25) is 0 Å². The lowest BCUT2D eigenvalue weighted by Crippen LogP contribution is -1.98. The Morgan fingerprint density at radius 1 is 0.413 bits per heavy atom. The minimum absolute atomic E-state index is 0.744. The van der Waals surface area contributed by atoms with Crippen LogP contribution < -0.4 is 0 Å². The van der Waals surface area contributed by atoms with Gasteiger partial charge >= 0.3 is 0 Å². The second-order valence-electron chi connectivity index (χ2n) is 11.7. The van der Waals surface area contributed by atoms with Crippen molar-refractivity contribution in [2.75, 3.05) is 0 Å². The standard InChI is InChI=1S/C42H24N2S2/c1-2-10-25(11-3-1)27-21-23-38-39-28(27)14-8-15-29(39)33-24-26(20-22-36(33)46-38)42-43-34-17-6-4-12-30(34)41(44-42)32-16-9-19-37-40(32)31-13-5-7-18-35(31)45-37/h1-24H. The van der Waals surface area contributed by atoms with Gasteiger partial charge < -0.3 is 0 Å². The normalized spacial score (nSPS) is 12.3. The molecule has 10 rings (SSSR count). The smallest absolute Gasteiger partial charge is 0.160 e. The van der Waals surface area contributed by atoms with Gasteiger partial charge in [0.25, 0.3) is 0 Å². The lowest BCUT2D eigenvalue weighted by molar-refractivity contribution is 1.23. The minimum atomic E-state index is 0.744. The number of fused-ring (bicyclic) bond motifs is 6. The molecule has 1 aliphatic heterocycles. The number of benzene rings is 7. The maximum absolute atomic E-state index is 5.36. The highest BCUT2D eigenvalue weighted by Gasteiger charge is 2.23. The van der Waals surface area contributed by atoms with Gasteiger partial charge in [0.15, 0.2) is 5.82 Å². The summed E-state index contributed by atoms with van der Waals surface area (Å²) in [6.07, 6.45) is 0. The van der Waals surface area contributed by atoms with Crippen LogP contribution in [0.1, 0.15) is 0 Å². The molecule has 2 nitrogen and oxygen atoms in total. The summed E-state index contributed by atoms with van der Waals surface area (Å²) in [4.78, 5) is 13.1. The highest BCUT2D eigenvalue weighted by molar-refractivity contribution is 7.99. The van der Waals surface area contributed by atoms with Crippen molar-refractivity contribution in [3.05, 3.63) is 146 Å². The lowest BCUT2D eigenvalue weighted by atomic mass is 9.92. The summed E-state index contributed by atoms with van der Waals surface area (Å²) in [7, 11) is 0. The van der Waals surface area contributed by atoms with Crippen molar-refractivity contribution in [2.45, 2.75) is 9.79 Å². The summed E-state index contributed by atoms with van der Waals surface area (Å²) in [5.74, 6) is 0.744. The molecule has 3 heterocycles. The van der Waals surface area contributed by atoms with Crippen molar-refractivity contribution in [3.63, 3.8) is 0 Å². The van der Waals surface area contributed by atoms with Crippen LogP contribution >= 0.6 is 23.1 Å². The van der Waals surface area contributed by atoms with Crippen molar-refractivity contribution in [1.82, 2.24) is 9.97 Å². The molecule has 0 unspecified atom stereocenters. The predicted molar refractivity (Wildman–Crippen MR) is 196 cm³/mol. The molecule has 0 saturated heterocycles. The van der Waals surface area contributed by atoms with Gasteiger partial charge in [-0.05, 0) is 64.0 Å². The number of rotatable bonds is 3. The third-order valence-electron chi connectivity index (χ3n) is 9.10. The fraction of sp³-hybridized carbons (Fsp3) is 0. The number of thiophene rings is 1. The van der Waals surface area contributed by atoms with E-state index in [0.717, 1.165) is 33.5 Å². The first-order chi connectivity index (χ1) is 22.8. The van der Waals surface area contributed by atoms with Crippen LogP contribution in [0.4, 0.5) is 0 Å². The molecule has 0 N–H and O–H groups in total. The van der Waals surface area contributed by atoms with Crippen LogP contribution in [0.3, 0.4) is 0 Å². The van der Waals surface area contributed by atoms with Crippen LogP contribution in [0.5, 0.6) is 0 Å². The Morgan fingerprint density at radius 2 is 1.15 bits per heavy atom. The van der Waals surface area contributed by atoms with Gasteiger partial charge in [-0.15, -0.1) is 11.3 Å². The predicted octanol–water partition coefficient (Wildman–Crippen LogP) is 12.3. The Kier molecular flexibility index (Phi) is 5.71. The summed E-state index contributed by atoms with van der Waals surface area (Å²) < 4.78 is 2.57. The van der Waals surface area contributed by atoms with E-state index in [9.17, 15) is 0 Å². The maximum atomic E-state index is 5.36. The second kappa shape index (κ2) is 10.1. The van der Waals surface area contributed by atoms with Crippen molar-refractivity contribution >= 4 is 64.9 Å². The Balaban J connectivity index is 1.19. The van der Waals surface area contributed by atoms with Crippen LogP contribution in [-0.4, -0.2) is 9.97 Å². The molecule has 2 aromatic heterocycles. The number of hydrogen-bond donors (Lipinski definition) is 0. The zero-order valence-electron chi connectivity index (χ0n) is 24.6. The summed E-state index contributed by atoms with van der Waals surface area (Å²) in [6.45, 7) is 0. The highest BCUT2D eigenvalue weighted by atomic mass is 32.2. The molecular formula is C42H24N2S2. The molecular weight excluding hydrogens is 597 g/mol. The van der Waals surface area contributed by atoms with Gasteiger partial charge in [-0.25, -0.2) is 9.97 Å². The maximum Gasteiger partial charge on any atom is 0.160 e. The van der Waals surface area contributed by atoms with E-state index in [2.05, 4.69) is 146 Å². The van der Waals surface area contributed by atoms with Gasteiger partial charge in [0.05, 0.1) is 11.2 Å². The Morgan fingerprint density at radius 3 is 2.09 bits per heavy atom. The Bertz CT molecular complexity index is 2670. The second-order valence-corrected chi connectivity index (χ2v) is 13.9. The third-order valence-corrected chi connectivity index (χ3v) is 11.4. The zero-order chi connectivity index (χ0) is 30.2. The molecule has 0 fully saturated rings. The minimum Gasteiger partial charge on any atom is -0.228 e. The van der Waals surface area contributed by atoms with Crippen molar-refractivity contribution in [1.29, 1.82) is 0 Å². The van der Waals surface area contributed by atoms with Gasteiger partial charge in [0.1, 0.15) is 0 Å². The molecule has 0 saturated carbocycles. The van der Waals surface area contributed by atoms with Crippen LogP contribution in [0, 0.1) is 0 Å². The van der Waals surface area contributed by atoms with Crippen LogP contribution in [0.25, 0.3) is 86.7 Å². The molecule has 9 aromatic rings. The van der Waals surface area contributed by atoms with Crippen LogP contribution in [-0.2, 0) is 0 Å². The molecule has 0 radical (unpaired) electrons. The number of hydrogen-bond acceptors (Lipinski definition) is 4. The fourth-order valence-electron chi connectivity index (χ4n) is 7.02. The first-order valence-electron chi connectivity index (χ1n) is 15.4. The van der Waals surface area contributed by atoms with E-state index in [4.69, 9.17) is 9.97 Å². The summed E-state index contributed by atoms with van der Waals surface area (Å²) in [5.41, 5.74) is 9.09. The van der Waals surface area contributed by atoms with Gasteiger partial charge in [0.2, 0.25) is 0 Å². The van der Waals surface area contributed by atoms with Crippen molar-refractivity contribution < 1.29 is 0 Å². The van der Waals surface area contributed by atoms with E-state index in [-0.39, 0.29) is 0 Å². The fourth-order valence-corrected chi connectivity index (χ4v) is 9.27. The Hall–Kier alpha value is -5.29. The first kappa shape index (κ1) is 26.0. The molecule has 0 atom stereocenters. The summed E-state index contributed by atoms with van der Waals surface area (Å²) >= 11 is 3.69. The number of para-hydroxylation sites is 1. The van der Waals surface area contributed by atoms with E-state index in [0.29, 0.717) is 0 Å². The molecule has 46 heavy (non-hydrogen) atoms. The van der Waals surface area contributed by atoms with E-state index < -0.39 is 0 Å². The molecule has 4 heteroatoms. The first-order valence-corrected chi connectivity index (χ1v) is 17.0. The number of aromatic nitrogens is 2. The lowest BCUT2D eigenvalue weighted by Gasteiger charge is -2.22. The highest BCUT2D eigenvalue weighted by Crippen LogP contribution is 2.50. The summed E-state index contributed by atoms with van der Waals surface area (Å²) in [6, 6.07) is 52.3. The Labute approximate surface area is 274 Å². The van der Waals surface area contributed by atoms with Gasteiger partial charge in [0, 0.05) is 51.9 Å². The largest absolute Gasteiger partial charge is 0.228 e. The molecule has 0 aliphatic carbocycles. The van der Waals surface area contributed by atoms with Crippen molar-refractivity contribution in [2.24, 2.45) is 0 Å². The van der Waals surface area contributed by atoms with Crippen LogP contribution in [0.15, 0.2) is 155 Å². The molecule has 0 spiro atoms. The summed E-state index contributed by atoms with van der Waals surface area (Å²) in [5, 5.41) is 6.20. The average Bonchev–Trinajstić information content (AvgIpc) is 3.51. The molecule has 214 valence electrons. The van der Waals surface area contributed by atoms with Crippen molar-refractivity contribution in [3.8, 4) is 44.9 Å². The molecule has 1 aliphatic rings. The molecule has 0 amide bonds. The zero-order valence-corrected chi connectivity index (χ0v) is 26.2. The topological polar surface area (TPSA) is 25.8 Å².